The van der Waals surface area contributed by atoms with Crippen molar-refractivity contribution in [3.05, 3.63) is 12.7 Å². The van der Waals surface area contributed by atoms with E-state index < -0.39 is 5.97 Å². The molecule has 11 heavy (non-hydrogen) atoms. The molecule has 4 nitrogen and oxygen atoms in total. The molecular formula is C7H13NO3. The van der Waals surface area contributed by atoms with E-state index in [0.717, 1.165) is 6.08 Å². The fourth-order valence-corrected chi connectivity index (χ4v) is 0.435. The number of nitrogens with two attached hydrogens (primary N) is 1. The molecule has 0 fully saturated rings. The summed E-state index contributed by atoms with van der Waals surface area (Å²) in [5.41, 5.74) is 5.26. The minimum Gasteiger partial charge on any atom is -0.460 e. The Hall–Kier alpha value is -0.870. The highest BCUT2D eigenvalue weighted by molar-refractivity contribution is 5.81. The van der Waals surface area contributed by atoms with Crippen LogP contribution in [0.15, 0.2) is 12.7 Å². The summed E-state index contributed by atoms with van der Waals surface area (Å²) in [7, 11) is 0. The molecule has 0 rings (SSSR count). The Morgan fingerprint density at radius 3 is 2.82 bits per heavy atom. The first kappa shape index (κ1) is 10.1. The van der Waals surface area contributed by atoms with Crippen molar-refractivity contribution in [3.8, 4) is 0 Å². The molecule has 1 atom stereocenters. The third kappa shape index (κ3) is 7.02. The first-order valence-electron chi connectivity index (χ1n) is 3.33. The summed E-state index contributed by atoms with van der Waals surface area (Å²) >= 11 is 0. The number of rotatable bonds is 5. The van der Waals surface area contributed by atoms with Crippen molar-refractivity contribution >= 4 is 5.97 Å². The van der Waals surface area contributed by atoms with Gasteiger partial charge in [0.2, 0.25) is 0 Å². The molecule has 64 valence electrons. The van der Waals surface area contributed by atoms with E-state index in [0.29, 0.717) is 6.61 Å². The summed E-state index contributed by atoms with van der Waals surface area (Å²) < 4.78 is 9.51. The second-order valence-corrected chi connectivity index (χ2v) is 1.95. The minimum atomic E-state index is -0.446. The number of ether oxygens (including phenoxy) is 2. The van der Waals surface area contributed by atoms with E-state index in [1.165, 1.54) is 0 Å². The lowest BCUT2D eigenvalue weighted by Gasteiger charge is -2.06. The maximum atomic E-state index is 10.4. The Morgan fingerprint density at radius 1 is 1.73 bits per heavy atom. The largest absolute Gasteiger partial charge is 0.460 e. The smallest absolute Gasteiger partial charge is 0.330 e. The van der Waals surface area contributed by atoms with Crippen LogP contribution in [0.4, 0.5) is 0 Å². The maximum Gasteiger partial charge on any atom is 0.330 e. The second-order valence-electron chi connectivity index (χ2n) is 1.95. The molecule has 1 unspecified atom stereocenters. The van der Waals surface area contributed by atoms with Gasteiger partial charge in [0.15, 0.2) is 0 Å². The van der Waals surface area contributed by atoms with E-state index >= 15 is 0 Å². The van der Waals surface area contributed by atoms with Crippen LogP contribution in [0, 0.1) is 0 Å². The van der Waals surface area contributed by atoms with Gasteiger partial charge in [-0.3, -0.25) is 0 Å². The van der Waals surface area contributed by atoms with Crippen LogP contribution in [-0.4, -0.2) is 25.4 Å². The summed E-state index contributed by atoms with van der Waals surface area (Å²) in [6.45, 7) is 5.47. The normalized spacial score (nSPS) is 12.2. The van der Waals surface area contributed by atoms with Gasteiger partial charge in [0, 0.05) is 6.08 Å². The van der Waals surface area contributed by atoms with Crippen LogP contribution < -0.4 is 5.73 Å². The lowest BCUT2D eigenvalue weighted by Crippen LogP contribution is -2.22. The van der Waals surface area contributed by atoms with E-state index in [9.17, 15) is 4.79 Å². The van der Waals surface area contributed by atoms with Crippen molar-refractivity contribution in [3.63, 3.8) is 0 Å². The summed E-state index contributed by atoms with van der Waals surface area (Å²) in [5, 5.41) is 0. The van der Waals surface area contributed by atoms with Gasteiger partial charge in [0.05, 0.1) is 6.61 Å². The lowest BCUT2D eigenvalue weighted by molar-refractivity contribution is -0.139. The van der Waals surface area contributed by atoms with Crippen molar-refractivity contribution < 1.29 is 14.3 Å². The summed E-state index contributed by atoms with van der Waals surface area (Å²) in [4.78, 5) is 10.4. The Bertz CT molecular complexity index is 134. The van der Waals surface area contributed by atoms with Gasteiger partial charge in [-0.2, -0.15) is 0 Å². The van der Waals surface area contributed by atoms with E-state index in [1.54, 1.807) is 6.92 Å². The van der Waals surface area contributed by atoms with Crippen LogP contribution in [0.3, 0.4) is 0 Å². The lowest BCUT2D eigenvalue weighted by atomic mass is 10.6. The summed E-state index contributed by atoms with van der Waals surface area (Å²) in [6, 6.07) is 0. The molecule has 4 heteroatoms. The highest BCUT2D eigenvalue weighted by Gasteiger charge is 1.96. The number of hydrogen-bond acceptors (Lipinski definition) is 4. The van der Waals surface area contributed by atoms with Crippen molar-refractivity contribution in [2.45, 2.75) is 13.2 Å². The van der Waals surface area contributed by atoms with Gasteiger partial charge in [-0.05, 0) is 6.92 Å². The van der Waals surface area contributed by atoms with Gasteiger partial charge in [-0.15, -0.1) is 0 Å². The summed E-state index contributed by atoms with van der Waals surface area (Å²) in [6.07, 6.45) is 0.781. The molecule has 0 saturated heterocycles. The Morgan fingerprint density at radius 2 is 2.36 bits per heavy atom. The monoisotopic (exact) mass is 159 g/mol. The zero-order chi connectivity index (χ0) is 8.69. The van der Waals surface area contributed by atoms with Crippen LogP contribution in [0.2, 0.25) is 0 Å². The molecule has 0 aromatic carbocycles. The third-order valence-electron chi connectivity index (χ3n) is 0.875. The van der Waals surface area contributed by atoms with E-state index in [1.807, 2.05) is 0 Å². The Balaban J connectivity index is 3.14. The van der Waals surface area contributed by atoms with Crippen molar-refractivity contribution in [1.82, 2.24) is 0 Å². The molecule has 2 N–H and O–H groups in total. The number of hydrogen-bond donors (Lipinski definition) is 1. The highest BCUT2D eigenvalue weighted by atomic mass is 16.6. The minimum absolute atomic E-state index is 0.215. The molecular weight excluding hydrogens is 146 g/mol. The Labute approximate surface area is 66.0 Å². The molecule has 0 aliphatic heterocycles. The standard InChI is InChI=1S/C7H13NO3/c1-3-7(9)11-5-4-10-6(2)8/h3,6H,1,4-5,8H2,2H3. The van der Waals surface area contributed by atoms with Gasteiger partial charge in [-0.1, -0.05) is 6.58 Å². The first-order valence-corrected chi connectivity index (χ1v) is 3.33. The zero-order valence-corrected chi connectivity index (χ0v) is 6.58. The summed E-state index contributed by atoms with van der Waals surface area (Å²) in [5.74, 6) is -0.446. The number of carbonyl (C=O) groups excluding carboxylic acids is 1. The molecule has 0 radical (unpaired) electrons. The molecule has 0 bridgehead atoms. The maximum absolute atomic E-state index is 10.4. The van der Waals surface area contributed by atoms with Crippen LogP contribution >= 0.6 is 0 Å². The fraction of sp³-hybridized carbons (Fsp3) is 0.571. The van der Waals surface area contributed by atoms with Crippen molar-refractivity contribution in [2.24, 2.45) is 5.73 Å². The number of esters is 1. The van der Waals surface area contributed by atoms with Gasteiger partial charge in [-0.25, -0.2) is 4.79 Å². The van der Waals surface area contributed by atoms with Crippen LogP contribution in [0.5, 0.6) is 0 Å². The second kappa shape index (κ2) is 5.88. The van der Waals surface area contributed by atoms with Crippen molar-refractivity contribution in [2.75, 3.05) is 13.2 Å². The zero-order valence-electron chi connectivity index (χ0n) is 6.58. The average molecular weight is 159 g/mol. The number of carbonyl (C=O) groups is 1. The molecule has 0 aromatic heterocycles. The highest BCUT2D eigenvalue weighted by Crippen LogP contribution is 1.83. The predicted octanol–water partition coefficient (Wildman–Crippen LogP) is 0.0369. The topological polar surface area (TPSA) is 61.5 Å². The molecule has 0 spiro atoms. The van der Waals surface area contributed by atoms with Crippen LogP contribution in [0.1, 0.15) is 6.92 Å². The van der Waals surface area contributed by atoms with E-state index in [4.69, 9.17) is 10.5 Å². The fourth-order valence-electron chi connectivity index (χ4n) is 0.435. The van der Waals surface area contributed by atoms with Gasteiger partial charge >= 0.3 is 5.97 Å². The Kier molecular flexibility index (Phi) is 5.42. The van der Waals surface area contributed by atoms with E-state index in [-0.39, 0.29) is 12.8 Å². The SMILES string of the molecule is C=CC(=O)OCCOC(C)N. The quantitative estimate of drug-likeness (QED) is 0.266. The van der Waals surface area contributed by atoms with Gasteiger partial charge in [0.25, 0.3) is 0 Å². The van der Waals surface area contributed by atoms with Crippen LogP contribution in [-0.2, 0) is 14.3 Å². The predicted molar refractivity (Wildman–Crippen MR) is 40.8 cm³/mol. The molecule has 0 aliphatic rings. The van der Waals surface area contributed by atoms with Gasteiger partial charge < -0.3 is 15.2 Å². The molecule has 0 amide bonds. The molecule has 0 aromatic rings. The molecule has 0 aliphatic carbocycles. The first-order chi connectivity index (χ1) is 5.16. The van der Waals surface area contributed by atoms with Crippen LogP contribution in [0.25, 0.3) is 0 Å². The molecule has 0 heterocycles. The molecule has 0 saturated carbocycles. The average Bonchev–Trinajstić information content (AvgIpc) is 1.97. The van der Waals surface area contributed by atoms with Crippen molar-refractivity contribution in [1.29, 1.82) is 0 Å². The van der Waals surface area contributed by atoms with E-state index in [2.05, 4.69) is 11.3 Å². The van der Waals surface area contributed by atoms with Gasteiger partial charge in [0.1, 0.15) is 12.8 Å². The third-order valence-corrected chi connectivity index (χ3v) is 0.875.